The molecule has 0 spiro atoms. The molecule has 46 nitrogen and oxygen atoms in total. The van der Waals surface area contributed by atoms with Crippen LogP contribution < -0.4 is 103 Å². The lowest BCUT2D eigenvalue weighted by molar-refractivity contribution is -0.148. The maximum atomic E-state index is 14.8. The van der Waals surface area contributed by atoms with Gasteiger partial charge in [0.05, 0.1) is 51.1 Å². The van der Waals surface area contributed by atoms with Crippen LogP contribution in [-0.2, 0) is 117 Å². The summed E-state index contributed by atoms with van der Waals surface area (Å²) >= 11 is 8.48. The Balaban J connectivity index is 1.07. The maximum absolute atomic E-state index is 14.8. The van der Waals surface area contributed by atoms with Gasteiger partial charge in [0.2, 0.25) is 106 Å². The fourth-order valence-electron chi connectivity index (χ4n) is 13.8. The van der Waals surface area contributed by atoms with Crippen LogP contribution in [0.3, 0.4) is 0 Å². The SMILES string of the molecule is CC(C)C[C@H](NC(=O)CNC(=O)CNC(=O)[C@H](Cc1ccccc1)NC(=O)[C@H](Cc1cnc[nH]1)NC(=O)CNC(=O)[C@@H](NC(=O)[C@H](CS)NC(=O)[C@H](Cc1ccccc1)NC(=O)[C@H](CCCNC(=N)N)NC(=O)[C@@H](N)CCC(N)=O)[C@@H](C)O)C(=O)N[C@@H](Cc1ccc(O)cc1)C(=O)N1CCC[C@H]1C(=O)N[C@H](CS)C(=O)N[C@@H](CC(N)=O)C(=O)NCC(=O)N1CCC[C@H]1C(=O)O. The van der Waals surface area contributed by atoms with E-state index in [1.54, 1.807) is 74.5 Å². The molecule has 4 aromatic rings. The highest BCUT2D eigenvalue weighted by Crippen LogP contribution is 2.23. The first-order valence-corrected chi connectivity index (χ1v) is 43.1. The Morgan fingerprint density at radius 1 is 0.492 bits per heavy atom. The van der Waals surface area contributed by atoms with E-state index in [1.807, 2.05) is 0 Å². The minimum Gasteiger partial charge on any atom is -0.508 e. The number of nitrogens with two attached hydrogens (primary N) is 4. The molecule has 6 rings (SSSR count). The average molecular weight is 1850 g/mol. The molecule has 1 aromatic heterocycles. The van der Waals surface area contributed by atoms with Crippen molar-refractivity contribution in [3.8, 4) is 5.75 Å². The number of carboxylic acids is 1. The molecular formula is C82H116N24O22S2. The molecule has 2 fully saturated rings. The second kappa shape index (κ2) is 53.3. The van der Waals surface area contributed by atoms with Crippen molar-refractivity contribution < 1.29 is 106 Å². The number of carbonyl (C=O) groups excluding carboxylic acids is 18. The van der Waals surface area contributed by atoms with E-state index in [0.29, 0.717) is 28.8 Å². The van der Waals surface area contributed by atoms with Crippen molar-refractivity contribution in [1.29, 1.82) is 5.41 Å². The molecule has 0 bridgehead atoms. The number of thiol groups is 2. The Bertz CT molecular complexity index is 4620. The molecule has 130 heavy (non-hydrogen) atoms. The van der Waals surface area contributed by atoms with Gasteiger partial charge in [-0.3, -0.25) is 91.7 Å². The van der Waals surface area contributed by atoms with Crippen LogP contribution in [0.4, 0.5) is 0 Å². The number of rotatable bonds is 53. The molecule has 0 aliphatic carbocycles. The quantitative estimate of drug-likeness (QED) is 0.00845. The Morgan fingerprint density at radius 2 is 0.962 bits per heavy atom. The summed E-state index contributed by atoms with van der Waals surface area (Å²) in [6.45, 7) is 1.63. The summed E-state index contributed by atoms with van der Waals surface area (Å²) in [5.74, 6) is -19.5. The number of aliphatic hydroxyl groups excluding tert-OH is 1. The molecule has 3 aromatic carbocycles. The summed E-state index contributed by atoms with van der Waals surface area (Å²) in [6, 6.07) is 3.33. The van der Waals surface area contributed by atoms with Crippen molar-refractivity contribution >= 4 is 144 Å². The molecule has 708 valence electrons. The number of primary amides is 2. The number of aromatic amines is 1. The van der Waals surface area contributed by atoms with Crippen molar-refractivity contribution in [2.24, 2.45) is 28.9 Å². The van der Waals surface area contributed by atoms with Gasteiger partial charge in [-0.05, 0) is 93.0 Å². The number of imidazole rings is 1. The number of hydrogen-bond acceptors (Lipinski definition) is 26. The van der Waals surface area contributed by atoms with Crippen LogP contribution in [0.25, 0.3) is 0 Å². The zero-order valence-corrected chi connectivity index (χ0v) is 73.6. The first-order chi connectivity index (χ1) is 61.7. The van der Waals surface area contributed by atoms with E-state index >= 15 is 0 Å². The number of likely N-dealkylation sites (tertiary alicyclic amines) is 2. The standard InChI is InChI=1S/C82H116N24O22S2/c1-43(2)29-52(73(119)101-57(32-47-20-22-49(108)23-21-47)80(126)106-28-11-18-60(106)78(124)103-58(40-129)76(122)100-56(34-63(85)110)71(117)93-39-67(114)105-27-12-19-61(105)81(127)128)95-65(112)37-90-64(111)36-91-70(116)53(30-45-13-6-4-7-14-45)98-75(121)55(33-48-35-88-42-94-48)96-66(113)38-92-79(125)68(44(3)107)104-77(123)59(41-130)102-74(120)54(31-46-15-8-5-9-16-46)99-72(118)51(17-10-26-89-82(86)87)97-69(115)50(83)24-25-62(84)109/h4-9,13-16,20-23,35,42-44,50-61,68,107-108,129-130H,10-12,17-19,24-34,36-41,83H2,1-3H3,(H2,84,109)(H2,85,110)(H,88,94)(H,90,111)(H,91,116)(H,92,125)(H,93,117)(H,95,112)(H,96,113)(H,97,115)(H,98,121)(H,99,118)(H,100,122)(H,101,119)(H,102,120)(H,103,124)(H,104,123)(H,127,128)(H4,86,87,89)/t44-,50+,51+,52+,53+,54+,55+,56+,57+,58-,59+,60+,61+,68+/m1/s1. The minimum absolute atomic E-state index is 0.0286. The number of nitrogens with one attached hydrogen (secondary N) is 17. The number of hydrogen-bond donors (Lipinski definition) is 26. The lowest BCUT2D eigenvalue weighted by Crippen LogP contribution is -2.61. The lowest BCUT2D eigenvalue weighted by atomic mass is 10.0. The number of benzene rings is 3. The van der Waals surface area contributed by atoms with E-state index in [-0.39, 0.29) is 120 Å². The molecule has 14 atom stereocenters. The summed E-state index contributed by atoms with van der Waals surface area (Å²) < 4.78 is 0. The van der Waals surface area contributed by atoms with Crippen LogP contribution in [-0.4, -0.2) is 295 Å². The summed E-state index contributed by atoms with van der Waals surface area (Å²) in [5, 5.41) is 75.2. The number of aromatic nitrogens is 2. The fourth-order valence-corrected chi connectivity index (χ4v) is 14.3. The second-order valence-electron chi connectivity index (χ2n) is 31.4. The summed E-state index contributed by atoms with van der Waals surface area (Å²) in [5.41, 5.74) is 23.8. The van der Waals surface area contributed by atoms with Crippen molar-refractivity contribution in [2.45, 2.75) is 195 Å². The number of carboxylic acid groups (broad SMARTS) is 1. The van der Waals surface area contributed by atoms with Crippen molar-refractivity contribution in [3.63, 3.8) is 0 Å². The Morgan fingerprint density at radius 3 is 1.52 bits per heavy atom. The van der Waals surface area contributed by atoms with E-state index in [4.69, 9.17) is 28.3 Å². The van der Waals surface area contributed by atoms with Gasteiger partial charge in [-0.2, -0.15) is 25.3 Å². The van der Waals surface area contributed by atoms with E-state index in [2.05, 4.69) is 115 Å². The third kappa shape index (κ3) is 35.6. The number of aliphatic hydroxyl groups is 1. The molecule has 2 aliphatic heterocycles. The van der Waals surface area contributed by atoms with Gasteiger partial charge in [0.25, 0.3) is 0 Å². The van der Waals surface area contributed by atoms with Gasteiger partial charge in [-0.15, -0.1) is 0 Å². The third-order valence-corrected chi connectivity index (χ3v) is 21.3. The van der Waals surface area contributed by atoms with Crippen LogP contribution in [0.1, 0.15) is 107 Å². The van der Waals surface area contributed by atoms with Crippen LogP contribution in [0, 0.1) is 11.3 Å². The molecule has 0 unspecified atom stereocenters. The first-order valence-electron chi connectivity index (χ1n) is 41.8. The third-order valence-electron chi connectivity index (χ3n) is 20.6. The molecule has 3 heterocycles. The van der Waals surface area contributed by atoms with E-state index < -0.39 is 235 Å². The number of aliphatic carboxylic acids is 1. The number of phenols is 1. The predicted molar refractivity (Wildman–Crippen MR) is 471 cm³/mol. The van der Waals surface area contributed by atoms with Crippen LogP contribution in [0.5, 0.6) is 5.75 Å². The topological polar surface area (TPSA) is 729 Å². The molecule has 18 amide bonds. The molecule has 0 radical (unpaired) electrons. The average Bonchev–Trinajstić information content (AvgIpc) is 1.64. The lowest BCUT2D eigenvalue weighted by Gasteiger charge is -2.31. The van der Waals surface area contributed by atoms with E-state index in [1.165, 1.54) is 41.7 Å². The Kier molecular flexibility index (Phi) is 43.2. The molecule has 2 saturated heterocycles. The summed E-state index contributed by atoms with van der Waals surface area (Å²) in [7, 11) is 0. The van der Waals surface area contributed by atoms with Crippen molar-refractivity contribution in [3.05, 3.63) is 120 Å². The van der Waals surface area contributed by atoms with Gasteiger partial charge < -0.3 is 133 Å². The number of aromatic hydroxyl groups is 1. The fraction of sp³-hybridized carbons (Fsp3) is 0.500. The first kappa shape index (κ1) is 105. The number of nitrogens with zero attached hydrogens (tertiary/aromatic N) is 3. The second-order valence-corrected chi connectivity index (χ2v) is 32.1. The molecule has 2 aliphatic rings. The van der Waals surface area contributed by atoms with Crippen LogP contribution in [0.15, 0.2) is 97.5 Å². The zero-order valence-electron chi connectivity index (χ0n) is 71.8. The van der Waals surface area contributed by atoms with Gasteiger partial charge >= 0.3 is 5.97 Å². The highest BCUT2D eigenvalue weighted by Gasteiger charge is 2.42. The maximum Gasteiger partial charge on any atom is 0.326 e. The zero-order chi connectivity index (χ0) is 95.8. The number of carbonyl (C=O) groups is 19. The largest absolute Gasteiger partial charge is 0.508 e. The smallest absolute Gasteiger partial charge is 0.326 e. The molecule has 28 N–H and O–H groups in total. The minimum atomic E-state index is -1.82. The van der Waals surface area contributed by atoms with Crippen LogP contribution >= 0.6 is 25.3 Å². The van der Waals surface area contributed by atoms with Gasteiger partial charge in [0, 0.05) is 75.1 Å². The van der Waals surface area contributed by atoms with Crippen molar-refractivity contribution in [1.82, 2.24) is 99.5 Å². The monoisotopic (exact) mass is 1850 g/mol. The summed E-state index contributed by atoms with van der Waals surface area (Å²) in [4.78, 5) is 267. The van der Waals surface area contributed by atoms with Gasteiger partial charge in [-0.1, -0.05) is 86.6 Å². The highest BCUT2D eigenvalue weighted by atomic mass is 32.1. The number of guanidine groups is 1. The highest BCUT2D eigenvalue weighted by molar-refractivity contribution is 7.80. The molecule has 0 saturated carbocycles. The molecular weight excluding hydrogens is 1740 g/mol. The Hall–Kier alpha value is -13.5. The number of phenolic OH excluding ortho intramolecular Hbond substituents is 1. The number of amides is 18. The van der Waals surface area contributed by atoms with Gasteiger partial charge in [0.1, 0.15) is 78.3 Å². The Labute approximate surface area is 758 Å². The predicted octanol–water partition coefficient (Wildman–Crippen LogP) is -8.22. The normalized spacial score (nSPS) is 16.1. The number of H-pyrrole nitrogens is 1. The van der Waals surface area contributed by atoms with Crippen molar-refractivity contribution in [2.75, 3.05) is 57.3 Å². The van der Waals surface area contributed by atoms with Gasteiger partial charge in [0.15, 0.2) is 5.96 Å². The van der Waals surface area contributed by atoms with E-state index in [0.717, 1.165) is 11.8 Å². The van der Waals surface area contributed by atoms with Crippen LogP contribution in [0.2, 0.25) is 0 Å². The molecule has 48 heteroatoms. The summed E-state index contributed by atoms with van der Waals surface area (Å²) in [6.07, 6.45) is -0.142. The van der Waals surface area contributed by atoms with Gasteiger partial charge in [-0.25, -0.2) is 9.78 Å². The van der Waals surface area contributed by atoms with E-state index in [9.17, 15) is 106 Å².